The molecule has 0 saturated carbocycles. The molecule has 0 bridgehead atoms. The topological polar surface area (TPSA) is 64.5 Å². The van der Waals surface area contributed by atoms with Crippen LogP contribution >= 0.6 is 34.7 Å². The fraction of sp³-hybridized carbons (Fsp3) is 0.300. The molecule has 6 aromatic rings. The maximum atomic E-state index is 13.4. The van der Waals surface area contributed by atoms with Gasteiger partial charge in [0.2, 0.25) is 10.3 Å². The third kappa shape index (κ3) is 10.4. The highest BCUT2D eigenvalue weighted by Gasteiger charge is 2.22. The fourth-order valence-electron chi connectivity index (χ4n) is 6.39. The number of benzene rings is 4. The Morgan fingerprint density at radius 3 is 1.32 bits per heavy atom. The maximum absolute atomic E-state index is 13.4. The first-order chi connectivity index (χ1) is 27.2. The number of hydrogen-bond donors (Lipinski definition) is 0. The van der Waals surface area contributed by atoms with Gasteiger partial charge in [-0.25, -0.2) is 22.0 Å². The summed E-state index contributed by atoms with van der Waals surface area (Å²) in [6.45, 7) is 9.04. The quantitative estimate of drug-likeness (QED) is 0.128. The molecule has 2 aliphatic heterocycles. The molecule has 292 valence electrons. The van der Waals surface area contributed by atoms with Crippen LogP contribution in [0.15, 0.2) is 84.9 Å². The Hall–Kier alpha value is -4.54. The van der Waals surface area contributed by atoms with E-state index in [-0.39, 0.29) is 5.82 Å². The maximum Gasteiger partial charge on any atom is 0.205 e. The molecule has 8 rings (SSSR count). The van der Waals surface area contributed by atoms with Crippen molar-refractivity contribution < 1.29 is 22.0 Å². The summed E-state index contributed by atoms with van der Waals surface area (Å²) in [5.41, 5.74) is 3.37. The molecule has 0 aliphatic carbocycles. The lowest BCUT2D eigenvalue weighted by molar-refractivity contribution is 0.261. The molecule has 0 N–H and O–H groups in total. The summed E-state index contributed by atoms with van der Waals surface area (Å²) in [6, 6.07) is 22.1. The van der Waals surface area contributed by atoms with E-state index >= 15 is 0 Å². The van der Waals surface area contributed by atoms with Gasteiger partial charge in [-0.3, -0.25) is 9.80 Å². The van der Waals surface area contributed by atoms with E-state index in [0.717, 1.165) is 123 Å². The zero-order valence-corrected chi connectivity index (χ0v) is 32.6. The zero-order valence-electron chi connectivity index (χ0n) is 30.2. The van der Waals surface area contributed by atoms with Gasteiger partial charge in [-0.2, -0.15) is 18.7 Å². The Balaban J connectivity index is 0.000000172. The monoisotopic (exact) mass is 824 g/mol. The van der Waals surface area contributed by atoms with Crippen LogP contribution in [-0.4, -0.2) is 94.0 Å². The van der Waals surface area contributed by atoms with Crippen LogP contribution in [0.2, 0.25) is 5.02 Å². The SMILES string of the molecule is Fc1ccc(-c2nsc(N3CCN(CCc4ccc(Cl)cc4)CC3)n2)cc1F.Fc1ccc(CCN2CCN(c3nc(-c4ccc(F)c(F)c4)ns3)CC2)cc1. The summed E-state index contributed by atoms with van der Waals surface area (Å²) in [5.74, 6) is -2.89. The van der Waals surface area contributed by atoms with Crippen LogP contribution in [0.25, 0.3) is 22.8 Å². The predicted octanol–water partition coefficient (Wildman–Crippen LogP) is 8.49. The molecule has 56 heavy (non-hydrogen) atoms. The van der Waals surface area contributed by atoms with Crippen LogP contribution in [0.1, 0.15) is 11.1 Å². The Morgan fingerprint density at radius 2 is 0.911 bits per heavy atom. The van der Waals surface area contributed by atoms with Crippen molar-refractivity contribution in [1.82, 2.24) is 28.5 Å². The fourth-order valence-corrected chi connectivity index (χ4v) is 8.00. The first kappa shape index (κ1) is 39.7. The van der Waals surface area contributed by atoms with Crippen molar-refractivity contribution in [2.75, 3.05) is 75.2 Å². The van der Waals surface area contributed by atoms with E-state index in [1.165, 1.54) is 52.9 Å². The second-order valence-electron chi connectivity index (χ2n) is 13.5. The van der Waals surface area contributed by atoms with Gasteiger partial charge in [0.25, 0.3) is 0 Å². The van der Waals surface area contributed by atoms with Crippen molar-refractivity contribution in [1.29, 1.82) is 0 Å². The number of aromatic nitrogens is 4. The lowest BCUT2D eigenvalue weighted by Crippen LogP contribution is -2.47. The van der Waals surface area contributed by atoms with Crippen molar-refractivity contribution in [3.8, 4) is 22.8 Å². The van der Waals surface area contributed by atoms with E-state index in [1.807, 2.05) is 24.3 Å². The average Bonchev–Trinajstić information content (AvgIpc) is 3.92. The second kappa shape index (κ2) is 18.6. The average molecular weight is 825 g/mol. The number of rotatable bonds is 10. The van der Waals surface area contributed by atoms with Crippen LogP contribution in [0, 0.1) is 29.1 Å². The summed E-state index contributed by atoms with van der Waals surface area (Å²) < 4.78 is 74.6. The second-order valence-corrected chi connectivity index (χ2v) is 15.4. The first-order valence-electron chi connectivity index (χ1n) is 18.2. The molecule has 0 spiro atoms. The normalized spacial score (nSPS) is 15.2. The molecule has 0 atom stereocenters. The summed E-state index contributed by atoms with van der Waals surface area (Å²) >= 11 is 8.49. The number of halogens is 6. The van der Waals surface area contributed by atoms with E-state index in [0.29, 0.717) is 22.8 Å². The van der Waals surface area contributed by atoms with Gasteiger partial charge in [0.1, 0.15) is 5.82 Å². The minimum Gasteiger partial charge on any atom is -0.344 e. The van der Waals surface area contributed by atoms with E-state index in [1.54, 1.807) is 0 Å². The van der Waals surface area contributed by atoms with Crippen molar-refractivity contribution >= 4 is 44.9 Å². The molecule has 0 unspecified atom stereocenters. The molecule has 0 radical (unpaired) electrons. The van der Waals surface area contributed by atoms with Gasteiger partial charge >= 0.3 is 0 Å². The number of anilines is 2. The largest absolute Gasteiger partial charge is 0.344 e. The van der Waals surface area contributed by atoms with Gasteiger partial charge in [-0.05, 0) is 84.6 Å². The van der Waals surface area contributed by atoms with Gasteiger partial charge in [-0.1, -0.05) is 35.9 Å². The lowest BCUT2D eigenvalue weighted by Gasteiger charge is -2.34. The Kier molecular flexibility index (Phi) is 13.2. The highest BCUT2D eigenvalue weighted by molar-refractivity contribution is 7.10. The van der Waals surface area contributed by atoms with E-state index in [4.69, 9.17) is 11.6 Å². The van der Waals surface area contributed by atoms with E-state index in [2.05, 4.69) is 50.4 Å². The van der Waals surface area contributed by atoms with Gasteiger partial charge in [0.15, 0.2) is 34.9 Å². The number of nitrogens with zero attached hydrogens (tertiary/aromatic N) is 8. The first-order valence-corrected chi connectivity index (χ1v) is 20.1. The highest BCUT2D eigenvalue weighted by Crippen LogP contribution is 2.27. The van der Waals surface area contributed by atoms with Crippen molar-refractivity contribution in [3.63, 3.8) is 0 Å². The summed E-state index contributed by atoms with van der Waals surface area (Å²) in [7, 11) is 0. The molecule has 2 saturated heterocycles. The van der Waals surface area contributed by atoms with Crippen molar-refractivity contribution in [3.05, 3.63) is 130 Å². The predicted molar refractivity (Wildman–Crippen MR) is 213 cm³/mol. The lowest BCUT2D eigenvalue weighted by atomic mass is 10.1. The van der Waals surface area contributed by atoms with E-state index in [9.17, 15) is 22.0 Å². The molecule has 0 amide bonds. The summed E-state index contributed by atoms with van der Waals surface area (Å²) in [6.07, 6.45) is 1.88. The minimum absolute atomic E-state index is 0.211. The number of piperazine rings is 2. The third-order valence-electron chi connectivity index (χ3n) is 9.73. The smallest absolute Gasteiger partial charge is 0.205 e. The molecule has 16 heteroatoms. The molecular weight excluding hydrogens is 787 g/mol. The Labute approximate surface area is 335 Å². The van der Waals surface area contributed by atoms with Crippen molar-refractivity contribution in [2.45, 2.75) is 12.8 Å². The summed E-state index contributed by atoms with van der Waals surface area (Å²) in [4.78, 5) is 18.2. The van der Waals surface area contributed by atoms with Gasteiger partial charge in [0, 0.05) is 105 Å². The van der Waals surface area contributed by atoms with Crippen LogP contribution in [0.4, 0.5) is 32.2 Å². The van der Waals surface area contributed by atoms with Gasteiger partial charge in [-0.15, -0.1) is 0 Å². The van der Waals surface area contributed by atoms with Crippen LogP contribution in [0.3, 0.4) is 0 Å². The van der Waals surface area contributed by atoms with Crippen LogP contribution < -0.4 is 9.80 Å². The highest BCUT2D eigenvalue weighted by atomic mass is 35.5. The van der Waals surface area contributed by atoms with Crippen molar-refractivity contribution in [2.24, 2.45) is 0 Å². The Bertz CT molecular complexity index is 2030. The third-order valence-corrected chi connectivity index (χ3v) is 11.5. The molecule has 4 aromatic carbocycles. The molecule has 4 heterocycles. The molecule has 8 nitrogen and oxygen atoms in total. The summed E-state index contributed by atoms with van der Waals surface area (Å²) in [5, 5.41) is 2.37. The number of hydrogen-bond acceptors (Lipinski definition) is 10. The standard InChI is InChI=1S/C20H19ClF2N4S.C20H19F3N4S/c2*21-16-4-1-14(2-5-16)7-8-26-9-11-27(12-10-26)20-24-19(25-28-20)15-3-6-17(22)18(23)13-15/h2*1-6,13H,7-12H2. The molecule has 2 fully saturated rings. The zero-order chi connectivity index (χ0) is 39.0. The van der Waals surface area contributed by atoms with E-state index < -0.39 is 23.3 Å². The molecule has 2 aromatic heterocycles. The van der Waals surface area contributed by atoms with Crippen LogP contribution in [0.5, 0.6) is 0 Å². The minimum atomic E-state index is -0.899. The Morgan fingerprint density at radius 1 is 0.500 bits per heavy atom. The van der Waals surface area contributed by atoms with Crippen LogP contribution in [-0.2, 0) is 12.8 Å². The van der Waals surface area contributed by atoms with Gasteiger partial charge in [0.05, 0.1) is 0 Å². The molecular formula is C40H38ClF5N8S2. The van der Waals surface area contributed by atoms with Gasteiger partial charge < -0.3 is 9.80 Å². The molecule has 2 aliphatic rings.